The molecule has 1 aromatic heterocycles. The number of hydrogen-bond acceptors (Lipinski definition) is 3. The summed E-state index contributed by atoms with van der Waals surface area (Å²) in [6.07, 6.45) is 0. The van der Waals surface area contributed by atoms with Crippen molar-refractivity contribution in [1.29, 1.82) is 0 Å². The van der Waals surface area contributed by atoms with E-state index in [-0.39, 0.29) is 0 Å². The van der Waals surface area contributed by atoms with Gasteiger partial charge in [0.15, 0.2) is 5.15 Å². The highest BCUT2D eigenvalue weighted by atomic mass is 79.9. The van der Waals surface area contributed by atoms with E-state index in [2.05, 4.69) is 26.1 Å². The van der Waals surface area contributed by atoms with Crippen LogP contribution >= 0.6 is 27.5 Å². The molecule has 3 nitrogen and oxygen atoms in total. The van der Waals surface area contributed by atoms with Gasteiger partial charge in [0.05, 0.1) is 0 Å². The van der Waals surface area contributed by atoms with E-state index in [9.17, 15) is 0 Å². The maximum absolute atomic E-state index is 5.62. The molecule has 0 spiro atoms. The largest absolute Gasteiger partial charge is 0.438 e. The van der Waals surface area contributed by atoms with E-state index in [1.54, 1.807) is 12.1 Å². The van der Waals surface area contributed by atoms with Gasteiger partial charge in [-0.2, -0.15) is 0 Å². The fourth-order valence-corrected chi connectivity index (χ4v) is 1.60. The van der Waals surface area contributed by atoms with Gasteiger partial charge in [-0.3, -0.25) is 0 Å². The van der Waals surface area contributed by atoms with Gasteiger partial charge in [0.25, 0.3) is 0 Å². The van der Waals surface area contributed by atoms with E-state index >= 15 is 0 Å². The third-order valence-corrected chi connectivity index (χ3v) is 2.76. The molecule has 0 fully saturated rings. The normalized spacial score (nSPS) is 10.1. The van der Waals surface area contributed by atoms with Crippen LogP contribution in [0.4, 0.5) is 0 Å². The zero-order chi connectivity index (χ0) is 11.4. The highest BCUT2D eigenvalue weighted by molar-refractivity contribution is 9.08. The van der Waals surface area contributed by atoms with Crippen LogP contribution in [0, 0.1) is 0 Å². The SMILES string of the molecule is Clc1ccc(Oc2ccc(CBr)cc2)nn1. The molecule has 1 aromatic carbocycles. The standard InChI is InChI=1S/C11H8BrClN2O/c12-7-8-1-3-9(4-2-8)16-11-6-5-10(13)14-15-11/h1-6H,7H2. The molecule has 0 saturated heterocycles. The van der Waals surface area contributed by atoms with Gasteiger partial charge in [-0.15, -0.1) is 10.2 Å². The number of halogens is 2. The highest BCUT2D eigenvalue weighted by Crippen LogP contribution is 2.20. The predicted octanol–water partition coefficient (Wildman–Crippen LogP) is 3.82. The molecule has 0 aliphatic heterocycles. The van der Waals surface area contributed by atoms with E-state index in [0.29, 0.717) is 11.0 Å². The number of benzene rings is 1. The maximum Gasteiger partial charge on any atom is 0.238 e. The number of hydrogen-bond donors (Lipinski definition) is 0. The summed E-state index contributed by atoms with van der Waals surface area (Å²) in [6.45, 7) is 0. The second kappa shape index (κ2) is 5.27. The first-order chi connectivity index (χ1) is 7.78. The highest BCUT2D eigenvalue weighted by Gasteiger charge is 1.99. The molecule has 0 N–H and O–H groups in total. The van der Waals surface area contributed by atoms with Crippen LogP contribution in [0.25, 0.3) is 0 Å². The lowest BCUT2D eigenvalue weighted by atomic mass is 10.2. The molecule has 0 unspecified atom stereocenters. The first-order valence-corrected chi connectivity index (χ1v) is 6.10. The lowest BCUT2D eigenvalue weighted by molar-refractivity contribution is 0.455. The molecule has 82 valence electrons. The Kier molecular flexibility index (Phi) is 3.74. The Morgan fingerprint density at radius 1 is 1.06 bits per heavy atom. The molecular formula is C11H8BrClN2O. The summed E-state index contributed by atoms with van der Waals surface area (Å²) in [6, 6.07) is 11.0. The first-order valence-electron chi connectivity index (χ1n) is 4.60. The maximum atomic E-state index is 5.62. The minimum Gasteiger partial charge on any atom is -0.438 e. The summed E-state index contributed by atoms with van der Waals surface area (Å²) in [5.41, 5.74) is 1.19. The number of nitrogens with zero attached hydrogens (tertiary/aromatic N) is 2. The van der Waals surface area contributed by atoms with Gasteiger partial charge in [-0.25, -0.2) is 0 Å². The van der Waals surface area contributed by atoms with Crippen molar-refractivity contribution in [3.63, 3.8) is 0 Å². The number of alkyl halides is 1. The zero-order valence-corrected chi connectivity index (χ0v) is 10.6. The third kappa shape index (κ3) is 2.93. The zero-order valence-electron chi connectivity index (χ0n) is 8.23. The monoisotopic (exact) mass is 298 g/mol. The van der Waals surface area contributed by atoms with Crippen LogP contribution in [0.2, 0.25) is 5.15 Å². The fraction of sp³-hybridized carbons (Fsp3) is 0.0909. The van der Waals surface area contributed by atoms with Crippen molar-refractivity contribution >= 4 is 27.5 Å². The van der Waals surface area contributed by atoms with Crippen molar-refractivity contribution in [3.8, 4) is 11.6 Å². The molecule has 0 saturated carbocycles. The molecule has 0 amide bonds. The second-order valence-corrected chi connectivity index (χ2v) is 4.02. The summed E-state index contributed by atoms with van der Waals surface area (Å²) in [5, 5.41) is 8.67. The van der Waals surface area contributed by atoms with Gasteiger partial charge < -0.3 is 4.74 Å². The van der Waals surface area contributed by atoms with E-state index in [0.717, 1.165) is 11.1 Å². The van der Waals surface area contributed by atoms with Crippen LogP contribution in [0.15, 0.2) is 36.4 Å². The Morgan fingerprint density at radius 2 is 1.81 bits per heavy atom. The molecule has 2 aromatic rings. The minimum atomic E-state index is 0.349. The van der Waals surface area contributed by atoms with Crippen LogP contribution in [0.1, 0.15) is 5.56 Å². The van der Waals surface area contributed by atoms with E-state index < -0.39 is 0 Å². The lowest BCUT2D eigenvalue weighted by Crippen LogP contribution is -1.90. The van der Waals surface area contributed by atoms with Crippen molar-refractivity contribution in [3.05, 3.63) is 47.1 Å². The van der Waals surface area contributed by atoms with Crippen molar-refractivity contribution in [1.82, 2.24) is 10.2 Å². The van der Waals surface area contributed by atoms with Gasteiger partial charge in [-0.05, 0) is 23.8 Å². The Hall–Kier alpha value is -1.13. The molecule has 16 heavy (non-hydrogen) atoms. The Labute approximate surface area is 107 Å². The molecule has 1 heterocycles. The summed E-state index contributed by atoms with van der Waals surface area (Å²) in [7, 11) is 0. The van der Waals surface area contributed by atoms with E-state index in [1.807, 2.05) is 24.3 Å². The second-order valence-electron chi connectivity index (χ2n) is 3.07. The quantitative estimate of drug-likeness (QED) is 0.808. The minimum absolute atomic E-state index is 0.349. The third-order valence-electron chi connectivity index (χ3n) is 1.91. The summed E-state index contributed by atoms with van der Waals surface area (Å²) in [5.74, 6) is 1.15. The Bertz CT molecular complexity index is 458. The number of rotatable bonds is 3. The fourth-order valence-electron chi connectivity index (χ4n) is 1.13. The number of aromatic nitrogens is 2. The summed E-state index contributed by atoms with van der Waals surface area (Å²) >= 11 is 9.00. The van der Waals surface area contributed by atoms with Crippen LogP contribution in [0.3, 0.4) is 0 Å². The summed E-state index contributed by atoms with van der Waals surface area (Å²) in [4.78, 5) is 0. The lowest BCUT2D eigenvalue weighted by Gasteiger charge is -2.04. The van der Waals surface area contributed by atoms with Crippen LogP contribution in [0.5, 0.6) is 11.6 Å². The summed E-state index contributed by atoms with van der Waals surface area (Å²) < 4.78 is 5.49. The molecule has 0 radical (unpaired) electrons. The molecule has 5 heteroatoms. The molecule has 0 aliphatic carbocycles. The molecule has 0 bridgehead atoms. The van der Waals surface area contributed by atoms with E-state index in [1.165, 1.54) is 5.56 Å². The molecule has 0 atom stereocenters. The smallest absolute Gasteiger partial charge is 0.238 e. The van der Waals surface area contributed by atoms with Crippen LogP contribution < -0.4 is 4.74 Å². The van der Waals surface area contributed by atoms with Crippen LogP contribution in [-0.2, 0) is 5.33 Å². The number of ether oxygens (including phenoxy) is 1. The topological polar surface area (TPSA) is 35.0 Å². The van der Waals surface area contributed by atoms with Crippen molar-refractivity contribution in [2.45, 2.75) is 5.33 Å². The van der Waals surface area contributed by atoms with Gasteiger partial charge in [0, 0.05) is 11.4 Å². The predicted molar refractivity (Wildman–Crippen MR) is 66.2 cm³/mol. The van der Waals surface area contributed by atoms with Gasteiger partial charge in [0.2, 0.25) is 5.88 Å². The van der Waals surface area contributed by atoms with Crippen molar-refractivity contribution < 1.29 is 4.74 Å². The average Bonchev–Trinajstić information content (AvgIpc) is 2.33. The molecule has 0 aliphatic rings. The van der Waals surface area contributed by atoms with Gasteiger partial charge in [-0.1, -0.05) is 39.7 Å². The van der Waals surface area contributed by atoms with Gasteiger partial charge >= 0.3 is 0 Å². The van der Waals surface area contributed by atoms with Gasteiger partial charge in [0.1, 0.15) is 5.75 Å². The average molecular weight is 300 g/mol. The van der Waals surface area contributed by atoms with Crippen LogP contribution in [-0.4, -0.2) is 10.2 Å². The van der Waals surface area contributed by atoms with E-state index in [4.69, 9.17) is 16.3 Å². The molecular weight excluding hydrogens is 291 g/mol. The first kappa shape index (κ1) is 11.4. The Balaban J connectivity index is 2.11. The Morgan fingerprint density at radius 3 is 2.38 bits per heavy atom. The van der Waals surface area contributed by atoms with Crippen molar-refractivity contribution in [2.24, 2.45) is 0 Å². The van der Waals surface area contributed by atoms with Crippen molar-refractivity contribution in [2.75, 3.05) is 0 Å². The molecule has 2 rings (SSSR count).